The van der Waals surface area contributed by atoms with Crippen LogP contribution in [0, 0.1) is 22.7 Å². The number of ether oxygens (including phenoxy) is 1. The summed E-state index contributed by atoms with van der Waals surface area (Å²) in [6.07, 6.45) is 2.86. The lowest BCUT2D eigenvalue weighted by molar-refractivity contribution is -0.153. The minimum atomic E-state index is -0.675. The van der Waals surface area contributed by atoms with E-state index < -0.39 is 11.0 Å². The van der Waals surface area contributed by atoms with Gasteiger partial charge in [0.25, 0.3) is 0 Å². The van der Waals surface area contributed by atoms with E-state index in [9.17, 15) is 14.4 Å². The number of allylic oxidation sites excluding steroid dienone is 1. The number of carbonyl (C=O) groups excluding carboxylic acids is 2. The van der Waals surface area contributed by atoms with Crippen molar-refractivity contribution in [2.24, 2.45) is 22.7 Å². The van der Waals surface area contributed by atoms with Crippen molar-refractivity contribution in [3.63, 3.8) is 0 Å². The number of rotatable bonds is 3. The van der Waals surface area contributed by atoms with Crippen molar-refractivity contribution in [2.45, 2.75) is 40.5 Å². The van der Waals surface area contributed by atoms with Gasteiger partial charge in [-0.3, -0.25) is 9.59 Å². The van der Waals surface area contributed by atoms with Crippen LogP contribution in [0.25, 0.3) is 11.0 Å². The Hall–Kier alpha value is -2.69. The molecule has 5 nitrogen and oxygen atoms in total. The number of hydrogen-bond acceptors (Lipinski definition) is 5. The second kappa shape index (κ2) is 6.68. The number of Topliss-reactive ketones (excluding diaryl/α,β-unsaturated/α-hetero) is 1. The molecule has 0 bridgehead atoms. The Kier molecular flexibility index (Phi) is 4.52. The molecular weight excluding hydrogens is 368 g/mol. The summed E-state index contributed by atoms with van der Waals surface area (Å²) in [5.41, 5.74) is 0.0623. The largest absolute Gasteiger partial charge is 0.493 e. The average molecular weight is 394 g/mol. The van der Waals surface area contributed by atoms with Gasteiger partial charge >= 0.3 is 5.63 Å². The highest BCUT2D eigenvalue weighted by molar-refractivity contribution is 6.00. The molecule has 0 unspecified atom stereocenters. The Morgan fingerprint density at radius 2 is 1.83 bits per heavy atom. The van der Waals surface area contributed by atoms with Gasteiger partial charge in [-0.25, -0.2) is 4.79 Å². The van der Waals surface area contributed by atoms with Gasteiger partial charge in [0.1, 0.15) is 17.1 Å². The van der Waals surface area contributed by atoms with Gasteiger partial charge in [0.15, 0.2) is 5.78 Å². The molecule has 5 heteroatoms. The highest BCUT2D eigenvalue weighted by atomic mass is 16.5. The van der Waals surface area contributed by atoms with Crippen molar-refractivity contribution < 1.29 is 18.7 Å². The smallest absolute Gasteiger partial charge is 0.336 e. The Labute approximate surface area is 169 Å². The second-order valence-corrected chi connectivity index (χ2v) is 9.19. The molecule has 1 heterocycles. The summed E-state index contributed by atoms with van der Waals surface area (Å²) in [5, 5.41) is 0.829. The zero-order valence-corrected chi connectivity index (χ0v) is 17.3. The van der Waals surface area contributed by atoms with Gasteiger partial charge in [0.2, 0.25) is 0 Å². The minimum absolute atomic E-state index is 0.0241. The maximum absolute atomic E-state index is 12.9. The topological polar surface area (TPSA) is 73.6 Å². The number of ketones is 2. The molecule has 2 aliphatic carbocycles. The predicted molar refractivity (Wildman–Crippen MR) is 110 cm³/mol. The Morgan fingerprint density at radius 1 is 1.10 bits per heavy atom. The standard InChI is InChI=1S/C24H26O5/c1-14-11-18(25)22-23(2,3)20(26)9-10-24(22,4)17(14)13-28-16-7-5-15-6-8-21(27)29-19(15)12-16/h5-8,11-12,17,22H,9-10,13H2,1-4H3/t17-,22-,24+/m1/s1. The third-order valence-corrected chi connectivity index (χ3v) is 7.00. The molecule has 2 aliphatic rings. The Morgan fingerprint density at radius 3 is 2.59 bits per heavy atom. The van der Waals surface area contributed by atoms with Crippen LogP contribution in [0.1, 0.15) is 40.5 Å². The van der Waals surface area contributed by atoms with Crippen LogP contribution in [0.3, 0.4) is 0 Å². The Balaban J connectivity index is 1.64. The van der Waals surface area contributed by atoms with Gasteiger partial charge < -0.3 is 9.15 Å². The van der Waals surface area contributed by atoms with E-state index in [1.54, 1.807) is 18.2 Å². The van der Waals surface area contributed by atoms with Crippen molar-refractivity contribution in [3.8, 4) is 5.75 Å². The van der Waals surface area contributed by atoms with E-state index in [0.717, 1.165) is 11.0 Å². The lowest BCUT2D eigenvalue weighted by atomic mass is 9.48. The number of hydrogen-bond donors (Lipinski definition) is 0. The zero-order valence-electron chi connectivity index (χ0n) is 17.3. The predicted octanol–water partition coefficient (Wildman–Crippen LogP) is 4.33. The lowest BCUT2D eigenvalue weighted by Crippen LogP contribution is -2.56. The normalized spacial score (nSPS) is 28.8. The molecule has 2 aromatic rings. The molecule has 3 atom stereocenters. The van der Waals surface area contributed by atoms with E-state index in [1.165, 1.54) is 6.07 Å². The van der Waals surface area contributed by atoms with Gasteiger partial charge in [-0.15, -0.1) is 0 Å². The van der Waals surface area contributed by atoms with Gasteiger partial charge in [0.05, 0.1) is 6.61 Å². The van der Waals surface area contributed by atoms with Crippen LogP contribution in [0.2, 0.25) is 0 Å². The van der Waals surface area contributed by atoms with Crippen LogP contribution in [-0.4, -0.2) is 18.2 Å². The SMILES string of the molecule is CC1=CC(=O)[C@@H]2C(C)(C)C(=O)CC[C@@]2(C)[C@@H]1COc1ccc2ccc(=O)oc2c1. The quantitative estimate of drug-likeness (QED) is 0.725. The van der Waals surface area contributed by atoms with Crippen molar-refractivity contribution in [1.82, 2.24) is 0 Å². The maximum Gasteiger partial charge on any atom is 0.336 e. The summed E-state index contributed by atoms with van der Waals surface area (Å²) in [7, 11) is 0. The molecule has 0 amide bonds. The van der Waals surface area contributed by atoms with E-state index in [-0.39, 0.29) is 28.8 Å². The molecule has 0 spiro atoms. The van der Waals surface area contributed by atoms with Crippen molar-refractivity contribution in [3.05, 3.63) is 52.4 Å². The number of carbonyl (C=O) groups is 2. The fourth-order valence-corrected chi connectivity index (χ4v) is 5.45. The van der Waals surface area contributed by atoms with Crippen LogP contribution in [-0.2, 0) is 9.59 Å². The first-order valence-corrected chi connectivity index (χ1v) is 10.0. The number of benzene rings is 1. The van der Waals surface area contributed by atoms with E-state index in [2.05, 4.69) is 6.92 Å². The van der Waals surface area contributed by atoms with E-state index in [0.29, 0.717) is 30.8 Å². The van der Waals surface area contributed by atoms with Gasteiger partial charge in [-0.05, 0) is 43.0 Å². The van der Waals surface area contributed by atoms with Crippen molar-refractivity contribution in [2.75, 3.05) is 6.61 Å². The molecule has 0 N–H and O–H groups in total. The van der Waals surface area contributed by atoms with E-state index in [4.69, 9.17) is 9.15 Å². The minimum Gasteiger partial charge on any atom is -0.493 e. The fourth-order valence-electron chi connectivity index (χ4n) is 5.45. The first-order valence-electron chi connectivity index (χ1n) is 10.0. The van der Waals surface area contributed by atoms with Crippen LogP contribution in [0.5, 0.6) is 5.75 Å². The highest BCUT2D eigenvalue weighted by Crippen LogP contribution is 2.57. The summed E-state index contributed by atoms with van der Waals surface area (Å²) in [5.74, 6) is 0.499. The molecule has 1 saturated carbocycles. The molecule has 4 rings (SSSR count). The van der Waals surface area contributed by atoms with E-state index in [1.807, 2.05) is 32.9 Å². The molecule has 0 radical (unpaired) electrons. The van der Waals surface area contributed by atoms with Crippen molar-refractivity contribution in [1.29, 1.82) is 0 Å². The molecular formula is C24H26O5. The van der Waals surface area contributed by atoms with Gasteiger partial charge in [0, 0.05) is 41.2 Å². The lowest BCUT2D eigenvalue weighted by Gasteiger charge is -2.54. The van der Waals surface area contributed by atoms with Crippen LogP contribution in [0.15, 0.2) is 51.2 Å². The molecule has 1 aromatic carbocycles. The average Bonchev–Trinajstić information content (AvgIpc) is 2.64. The molecule has 0 aliphatic heterocycles. The van der Waals surface area contributed by atoms with Crippen molar-refractivity contribution >= 4 is 22.5 Å². The summed E-state index contributed by atoms with van der Waals surface area (Å²) in [6.45, 7) is 8.28. The third kappa shape index (κ3) is 3.13. The molecule has 1 fully saturated rings. The van der Waals surface area contributed by atoms with E-state index >= 15 is 0 Å². The van der Waals surface area contributed by atoms with Gasteiger partial charge in [-0.1, -0.05) is 26.3 Å². The fraction of sp³-hybridized carbons (Fsp3) is 0.458. The van der Waals surface area contributed by atoms with Gasteiger partial charge in [-0.2, -0.15) is 0 Å². The maximum atomic E-state index is 12.9. The summed E-state index contributed by atoms with van der Waals surface area (Å²) >= 11 is 0. The summed E-state index contributed by atoms with van der Waals surface area (Å²) in [4.78, 5) is 36.9. The van der Waals surface area contributed by atoms with Crippen LogP contribution < -0.4 is 10.4 Å². The first-order chi connectivity index (χ1) is 13.6. The number of fused-ring (bicyclic) bond motifs is 2. The first kappa shape index (κ1) is 19.6. The molecule has 1 aromatic heterocycles. The van der Waals surface area contributed by atoms with Crippen LogP contribution in [0.4, 0.5) is 0 Å². The third-order valence-electron chi connectivity index (χ3n) is 7.00. The molecule has 152 valence electrons. The summed E-state index contributed by atoms with van der Waals surface area (Å²) in [6, 6.07) is 8.54. The summed E-state index contributed by atoms with van der Waals surface area (Å²) < 4.78 is 11.4. The zero-order chi connectivity index (χ0) is 21.0. The molecule has 0 saturated heterocycles. The second-order valence-electron chi connectivity index (χ2n) is 9.19. The Bertz CT molecular complexity index is 1090. The van der Waals surface area contributed by atoms with Crippen LogP contribution >= 0.6 is 0 Å². The monoisotopic (exact) mass is 394 g/mol. The highest BCUT2D eigenvalue weighted by Gasteiger charge is 2.58. The molecule has 29 heavy (non-hydrogen) atoms.